The number of carbonyl (C=O) groups excluding carboxylic acids is 1. The SMILES string of the molecule is Nc1ccno1.O=C(c1ccc(OC(F)(F)F)c(F)c1)N1CC2CC2C1. The van der Waals surface area contributed by atoms with Crippen LogP contribution < -0.4 is 10.5 Å². The molecule has 1 aliphatic carbocycles. The molecule has 6 nitrogen and oxygen atoms in total. The number of anilines is 1. The van der Waals surface area contributed by atoms with Gasteiger partial charge in [-0.15, -0.1) is 13.2 Å². The van der Waals surface area contributed by atoms with Crippen molar-refractivity contribution < 1.29 is 31.6 Å². The monoisotopic (exact) mass is 373 g/mol. The van der Waals surface area contributed by atoms with Crippen LogP contribution in [0.4, 0.5) is 23.4 Å². The number of benzene rings is 1. The normalized spacial score (nSPS) is 20.8. The first kappa shape index (κ1) is 18.0. The van der Waals surface area contributed by atoms with E-state index in [1.807, 2.05) is 0 Å². The van der Waals surface area contributed by atoms with E-state index >= 15 is 0 Å². The maximum Gasteiger partial charge on any atom is 0.573 e. The Kier molecular flexibility index (Phi) is 4.75. The van der Waals surface area contributed by atoms with Crippen molar-refractivity contribution in [3.8, 4) is 5.75 Å². The fourth-order valence-corrected chi connectivity index (χ4v) is 2.81. The van der Waals surface area contributed by atoms with E-state index in [0.29, 0.717) is 30.8 Å². The second-order valence-electron chi connectivity index (χ2n) is 6.07. The molecule has 26 heavy (non-hydrogen) atoms. The summed E-state index contributed by atoms with van der Waals surface area (Å²) in [4.78, 5) is 13.7. The minimum Gasteiger partial charge on any atom is -0.403 e. The van der Waals surface area contributed by atoms with Crippen molar-refractivity contribution in [1.82, 2.24) is 10.1 Å². The molecule has 1 saturated heterocycles. The Hall–Kier alpha value is -2.78. The molecule has 10 heteroatoms. The predicted molar refractivity (Wildman–Crippen MR) is 81.5 cm³/mol. The van der Waals surface area contributed by atoms with Gasteiger partial charge in [0.25, 0.3) is 5.91 Å². The molecule has 1 aromatic heterocycles. The summed E-state index contributed by atoms with van der Waals surface area (Å²) in [6.07, 6.45) is -2.34. The highest BCUT2D eigenvalue weighted by Gasteiger charge is 2.46. The molecule has 0 radical (unpaired) electrons. The van der Waals surface area contributed by atoms with E-state index in [1.165, 1.54) is 6.20 Å². The van der Waals surface area contributed by atoms with Gasteiger partial charge in [-0.25, -0.2) is 4.39 Å². The Balaban J connectivity index is 0.000000278. The number of carbonyl (C=O) groups is 1. The molecule has 0 spiro atoms. The molecular formula is C16H15F4N3O3. The Bertz CT molecular complexity index is 770. The standard InChI is InChI=1S/C13H11F4NO2.C3H4N2O/c14-10-4-7(1-2-11(10)20-13(15,16)17)12(19)18-5-8-3-9(8)6-18;4-3-1-2-5-6-3/h1-2,4,8-9H,3,5-6H2;1-2H,4H2. The summed E-state index contributed by atoms with van der Waals surface area (Å²) in [6, 6.07) is 4.34. The third-order valence-electron chi connectivity index (χ3n) is 4.13. The Morgan fingerprint density at radius 3 is 2.42 bits per heavy atom. The number of aromatic nitrogens is 1. The zero-order valence-corrected chi connectivity index (χ0v) is 13.4. The number of likely N-dealkylation sites (tertiary alicyclic amines) is 1. The first-order chi connectivity index (χ1) is 12.2. The number of hydrogen-bond donors (Lipinski definition) is 1. The smallest absolute Gasteiger partial charge is 0.403 e. The Morgan fingerprint density at radius 2 is 1.96 bits per heavy atom. The van der Waals surface area contributed by atoms with Crippen molar-refractivity contribution in [3.63, 3.8) is 0 Å². The van der Waals surface area contributed by atoms with Gasteiger partial charge in [-0.1, -0.05) is 5.16 Å². The molecule has 2 heterocycles. The molecule has 0 bridgehead atoms. The van der Waals surface area contributed by atoms with Gasteiger partial charge < -0.3 is 19.9 Å². The lowest BCUT2D eigenvalue weighted by atomic mass is 10.2. The number of alkyl halides is 3. The molecule has 1 aliphatic heterocycles. The third-order valence-corrected chi connectivity index (χ3v) is 4.13. The van der Waals surface area contributed by atoms with E-state index in [1.54, 1.807) is 11.0 Å². The third kappa shape index (κ3) is 4.44. The zero-order valence-electron chi connectivity index (χ0n) is 13.4. The van der Waals surface area contributed by atoms with Crippen molar-refractivity contribution in [1.29, 1.82) is 0 Å². The van der Waals surface area contributed by atoms with E-state index in [9.17, 15) is 22.4 Å². The van der Waals surface area contributed by atoms with Crippen molar-refractivity contribution in [2.45, 2.75) is 12.8 Å². The van der Waals surface area contributed by atoms with Crippen LogP contribution >= 0.6 is 0 Å². The van der Waals surface area contributed by atoms with Crippen LogP contribution in [0.3, 0.4) is 0 Å². The molecular weight excluding hydrogens is 358 g/mol. The number of nitrogens with two attached hydrogens (primary N) is 1. The number of halogens is 4. The zero-order chi connectivity index (χ0) is 18.9. The summed E-state index contributed by atoms with van der Waals surface area (Å²) in [5, 5.41) is 3.32. The number of fused-ring (bicyclic) bond motifs is 1. The van der Waals surface area contributed by atoms with Crippen LogP contribution in [0, 0.1) is 17.7 Å². The average molecular weight is 373 g/mol. The molecule has 2 fully saturated rings. The molecule has 1 saturated carbocycles. The number of piperidine rings is 1. The molecule has 2 aromatic rings. The molecule has 2 atom stereocenters. The molecule has 2 unspecified atom stereocenters. The number of ether oxygens (including phenoxy) is 1. The maximum atomic E-state index is 13.5. The largest absolute Gasteiger partial charge is 0.573 e. The fraction of sp³-hybridized carbons (Fsp3) is 0.375. The highest BCUT2D eigenvalue weighted by molar-refractivity contribution is 5.94. The molecule has 1 aromatic carbocycles. The number of amides is 1. The molecule has 4 rings (SSSR count). The summed E-state index contributed by atoms with van der Waals surface area (Å²) in [7, 11) is 0. The van der Waals surface area contributed by atoms with E-state index in [0.717, 1.165) is 24.6 Å². The van der Waals surface area contributed by atoms with Gasteiger partial charge in [0.2, 0.25) is 5.88 Å². The predicted octanol–water partition coefficient (Wildman–Crippen LogP) is 3.07. The fourth-order valence-electron chi connectivity index (χ4n) is 2.81. The van der Waals surface area contributed by atoms with Gasteiger partial charge in [-0.3, -0.25) is 4.79 Å². The molecule has 140 valence electrons. The van der Waals surface area contributed by atoms with Crippen molar-refractivity contribution >= 4 is 11.8 Å². The minimum atomic E-state index is -4.96. The van der Waals surface area contributed by atoms with Crippen molar-refractivity contribution in [3.05, 3.63) is 41.8 Å². The lowest BCUT2D eigenvalue weighted by molar-refractivity contribution is -0.275. The van der Waals surface area contributed by atoms with Crippen LogP contribution in [0.25, 0.3) is 0 Å². The van der Waals surface area contributed by atoms with Crippen LogP contribution in [-0.4, -0.2) is 35.4 Å². The molecule has 1 amide bonds. The van der Waals surface area contributed by atoms with Crippen molar-refractivity contribution in [2.75, 3.05) is 18.8 Å². The van der Waals surface area contributed by atoms with Crippen molar-refractivity contribution in [2.24, 2.45) is 11.8 Å². The maximum absolute atomic E-state index is 13.5. The van der Waals surface area contributed by atoms with Gasteiger partial charge in [0, 0.05) is 24.7 Å². The average Bonchev–Trinajstić information content (AvgIpc) is 2.95. The lowest BCUT2D eigenvalue weighted by Gasteiger charge is -2.18. The molecule has 2 N–H and O–H groups in total. The number of hydrogen-bond acceptors (Lipinski definition) is 5. The Morgan fingerprint density at radius 1 is 1.27 bits per heavy atom. The number of nitrogen functional groups attached to an aromatic ring is 1. The van der Waals surface area contributed by atoms with Crippen LogP contribution in [-0.2, 0) is 0 Å². The van der Waals surface area contributed by atoms with Gasteiger partial charge in [-0.05, 0) is 36.5 Å². The van der Waals surface area contributed by atoms with E-state index in [4.69, 9.17) is 5.73 Å². The summed E-state index contributed by atoms with van der Waals surface area (Å²) in [5.41, 5.74) is 5.09. The first-order valence-electron chi connectivity index (χ1n) is 7.73. The Labute approximate surface area is 145 Å². The second-order valence-corrected chi connectivity index (χ2v) is 6.07. The van der Waals surface area contributed by atoms with Gasteiger partial charge >= 0.3 is 6.36 Å². The van der Waals surface area contributed by atoms with Gasteiger partial charge in [-0.2, -0.15) is 0 Å². The lowest BCUT2D eigenvalue weighted by Crippen LogP contribution is -2.30. The highest BCUT2D eigenvalue weighted by Crippen LogP contribution is 2.45. The summed E-state index contributed by atoms with van der Waals surface area (Å²) >= 11 is 0. The molecule has 2 aliphatic rings. The topological polar surface area (TPSA) is 81.6 Å². The number of rotatable bonds is 2. The van der Waals surface area contributed by atoms with Crippen LogP contribution in [0.2, 0.25) is 0 Å². The van der Waals surface area contributed by atoms with E-state index < -0.39 is 17.9 Å². The van der Waals surface area contributed by atoms with Crippen LogP contribution in [0.1, 0.15) is 16.8 Å². The first-order valence-corrected chi connectivity index (χ1v) is 7.73. The number of nitrogens with zero attached hydrogens (tertiary/aromatic N) is 2. The highest BCUT2D eigenvalue weighted by atomic mass is 19.4. The van der Waals surface area contributed by atoms with Crippen LogP contribution in [0.15, 0.2) is 35.0 Å². The second kappa shape index (κ2) is 6.85. The minimum absolute atomic E-state index is 0.0401. The summed E-state index contributed by atoms with van der Waals surface area (Å²) in [5.74, 6) is -1.05. The summed E-state index contributed by atoms with van der Waals surface area (Å²) < 4.78 is 57.4. The quantitative estimate of drug-likeness (QED) is 0.819. The van der Waals surface area contributed by atoms with Gasteiger partial charge in [0.05, 0.1) is 6.20 Å². The van der Waals surface area contributed by atoms with E-state index in [2.05, 4.69) is 14.4 Å². The van der Waals surface area contributed by atoms with Crippen LogP contribution in [0.5, 0.6) is 5.75 Å². The van der Waals surface area contributed by atoms with Gasteiger partial charge in [0.15, 0.2) is 11.6 Å². The summed E-state index contributed by atoms with van der Waals surface area (Å²) in [6.45, 7) is 1.29. The van der Waals surface area contributed by atoms with E-state index in [-0.39, 0.29) is 11.5 Å². The van der Waals surface area contributed by atoms with Gasteiger partial charge in [0.1, 0.15) is 0 Å².